The fraction of sp³-hybridized carbons (Fsp3) is 0.459. The largest absolute Gasteiger partial charge is 0.508 e. The van der Waals surface area contributed by atoms with Gasteiger partial charge in [-0.2, -0.15) is 9.97 Å². The van der Waals surface area contributed by atoms with E-state index in [4.69, 9.17) is 16.1 Å². The van der Waals surface area contributed by atoms with Crippen LogP contribution in [0.4, 0.5) is 19.0 Å². The van der Waals surface area contributed by atoms with E-state index in [2.05, 4.69) is 26.0 Å². The third-order valence-corrected chi connectivity index (χ3v) is 11.3. The van der Waals surface area contributed by atoms with Crippen LogP contribution >= 0.6 is 0 Å². The van der Waals surface area contributed by atoms with Gasteiger partial charge in [-0.15, -0.1) is 6.42 Å². The van der Waals surface area contributed by atoms with E-state index in [-0.39, 0.29) is 56.7 Å². The summed E-state index contributed by atoms with van der Waals surface area (Å²) in [7, 11) is 0. The summed E-state index contributed by atoms with van der Waals surface area (Å²) in [6.07, 6.45) is 13.7. The van der Waals surface area contributed by atoms with Gasteiger partial charge in [0.15, 0.2) is 5.82 Å². The minimum Gasteiger partial charge on any atom is -0.508 e. The number of piperidine rings is 1. The fourth-order valence-electron chi connectivity index (χ4n) is 8.84. The average molecular weight is 640 g/mol. The van der Waals surface area contributed by atoms with E-state index in [9.17, 15) is 9.50 Å². The molecule has 0 amide bonds. The number of likely N-dealkylation sites (tertiary alicyclic amines) is 1. The van der Waals surface area contributed by atoms with Crippen LogP contribution in [0, 0.1) is 41.1 Å². The number of halogens is 3. The third kappa shape index (κ3) is 4.89. The van der Waals surface area contributed by atoms with E-state index in [1.165, 1.54) is 49.6 Å². The van der Waals surface area contributed by atoms with Crippen LogP contribution < -0.4 is 15.0 Å². The van der Waals surface area contributed by atoms with Gasteiger partial charge in [0.05, 0.1) is 17.7 Å². The first-order valence-electron chi connectivity index (χ1n) is 16.8. The molecule has 2 saturated carbocycles. The number of terminal acetylenes is 1. The number of nitrogens with one attached hydrogen (secondary N) is 1. The lowest BCUT2D eigenvalue weighted by molar-refractivity contribution is 0.130. The number of hydrogen-bond acceptors (Lipinski definition) is 7. The van der Waals surface area contributed by atoms with Crippen molar-refractivity contribution in [1.82, 2.24) is 20.2 Å². The number of aromatic nitrogens is 2. The number of anilines is 1. The van der Waals surface area contributed by atoms with Crippen molar-refractivity contribution in [2.45, 2.75) is 63.1 Å². The van der Waals surface area contributed by atoms with Crippen LogP contribution in [0.5, 0.6) is 11.8 Å². The maximum atomic E-state index is 16.9. The molecule has 4 heterocycles. The van der Waals surface area contributed by atoms with Gasteiger partial charge < -0.3 is 20.1 Å². The Morgan fingerprint density at radius 3 is 2.51 bits per heavy atom. The van der Waals surface area contributed by atoms with Gasteiger partial charge in [-0.05, 0) is 80.5 Å². The fourth-order valence-corrected chi connectivity index (χ4v) is 8.84. The molecule has 4 atom stereocenters. The lowest BCUT2D eigenvalue weighted by Gasteiger charge is -2.34. The first-order valence-corrected chi connectivity index (χ1v) is 16.8. The van der Waals surface area contributed by atoms with Gasteiger partial charge in [0.25, 0.3) is 0 Å². The van der Waals surface area contributed by atoms with Crippen LogP contribution in [-0.4, -0.2) is 70.9 Å². The first-order chi connectivity index (χ1) is 22.8. The number of hydrogen-bond donors (Lipinski definition) is 2. The van der Waals surface area contributed by atoms with Crippen LogP contribution in [0.15, 0.2) is 30.3 Å². The van der Waals surface area contributed by atoms with Gasteiger partial charge in [-0.1, -0.05) is 12.0 Å². The highest BCUT2D eigenvalue weighted by Gasteiger charge is 2.49. The molecule has 2 N–H and O–H groups in total. The minimum atomic E-state index is -0.944. The maximum Gasteiger partial charge on any atom is 0.319 e. The Kier molecular flexibility index (Phi) is 6.64. The average Bonchev–Trinajstić information content (AvgIpc) is 3.32. The topological polar surface area (TPSA) is 73.8 Å². The van der Waals surface area contributed by atoms with Crippen LogP contribution in [-0.2, 0) is 0 Å². The Balaban J connectivity index is 1.15. The molecule has 242 valence electrons. The molecule has 3 aliphatic heterocycles. The van der Waals surface area contributed by atoms with Gasteiger partial charge in [-0.3, -0.25) is 4.90 Å². The number of rotatable bonds is 7. The Morgan fingerprint density at radius 1 is 1.00 bits per heavy atom. The van der Waals surface area contributed by atoms with Crippen LogP contribution in [0.1, 0.15) is 50.5 Å². The highest BCUT2D eigenvalue weighted by Crippen LogP contribution is 2.50. The lowest BCUT2D eigenvalue weighted by Crippen LogP contribution is -2.51. The Morgan fingerprint density at radius 2 is 1.81 bits per heavy atom. The molecule has 3 saturated heterocycles. The molecule has 4 aromatic rings. The van der Waals surface area contributed by atoms with Crippen LogP contribution in [0.25, 0.3) is 32.8 Å². The molecular weight excluding hydrogens is 603 g/mol. The van der Waals surface area contributed by atoms with Gasteiger partial charge >= 0.3 is 6.01 Å². The normalized spacial score (nSPS) is 26.0. The van der Waals surface area contributed by atoms with Crippen molar-refractivity contribution in [1.29, 1.82) is 0 Å². The summed E-state index contributed by atoms with van der Waals surface area (Å²) in [6, 6.07) is 7.70. The molecule has 10 heteroatoms. The van der Waals surface area contributed by atoms with Crippen LogP contribution in [0.2, 0.25) is 0 Å². The second-order valence-corrected chi connectivity index (χ2v) is 14.5. The van der Waals surface area contributed by atoms with E-state index in [1.54, 1.807) is 0 Å². The predicted octanol–water partition coefficient (Wildman–Crippen LogP) is 6.14. The molecule has 2 aliphatic carbocycles. The molecule has 4 bridgehead atoms. The SMILES string of the molecule is C#Cc1c(F)ccc2cc(O)cc(-c3c(F)cc4c(N5CC6CCC(C5)N6)nc(OCC5(CN6C[C@H]7CC[C@@H]6C7)CC5)nc4c3F)c12. The van der Waals surface area contributed by atoms with E-state index in [0.29, 0.717) is 36.9 Å². The Hall–Kier alpha value is -4.07. The number of nitrogens with zero attached hydrogens (tertiary/aromatic N) is 4. The van der Waals surface area contributed by atoms with Crippen molar-refractivity contribution < 1.29 is 23.0 Å². The molecule has 47 heavy (non-hydrogen) atoms. The predicted molar refractivity (Wildman–Crippen MR) is 174 cm³/mol. The number of benzene rings is 3. The van der Waals surface area contributed by atoms with E-state index in [0.717, 1.165) is 44.7 Å². The zero-order valence-electron chi connectivity index (χ0n) is 26.0. The number of aromatic hydroxyl groups is 1. The summed E-state index contributed by atoms with van der Waals surface area (Å²) in [6.45, 7) is 3.87. The van der Waals surface area contributed by atoms with Crippen molar-refractivity contribution in [3.8, 4) is 35.2 Å². The molecule has 9 rings (SSSR count). The van der Waals surface area contributed by atoms with Crippen LogP contribution in [0.3, 0.4) is 0 Å². The van der Waals surface area contributed by atoms with Gasteiger partial charge in [-0.25, -0.2) is 13.2 Å². The summed E-state index contributed by atoms with van der Waals surface area (Å²) in [5, 5.41) is 14.9. The standard InChI is InChI=1S/C37H36F3N5O2/c1-2-26-29(38)8-4-21-12-25(46)13-27(31(21)26)32-30(39)14-28-34(33(32)40)42-36(43-35(28)44-16-22-5-6-23(17-44)41-22)47-19-37(9-10-37)18-45-15-20-3-7-24(45)11-20/h1,4,8,12-14,20,22-24,41,46H,3,5-7,9-11,15-19H2/t20-,22?,23?,24+/m0/s1. The molecule has 5 fully saturated rings. The van der Waals surface area contributed by atoms with Crippen molar-refractivity contribution in [3.05, 3.63) is 53.3 Å². The number of fused-ring (bicyclic) bond motifs is 6. The zero-order chi connectivity index (χ0) is 32.0. The molecular formula is C37H36F3N5O2. The molecule has 5 aliphatic rings. The Labute approximate surface area is 271 Å². The van der Waals surface area contributed by atoms with E-state index in [1.807, 2.05) is 0 Å². The molecule has 1 aromatic heterocycles. The number of ether oxygens (including phenoxy) is 1. The monoisotopic (exact) mass is 639 g/mol. The molecule has 2 unspecified atom stereocenters. The summed E-state index contributed by atoms with van der Waals surface area (Å²) in [5.74, 6) is 0.817. The van der Waals surface area contributed by atoms with E-state index < -0.39 is 23.0 Å². The number of phenols is 1. The van der Waals surface area contributed by atoms with Crippen molar-refractivity contribution in [2.75, 3.05) is 37.7 Å². The van der Waals surface area contributed by atoms with Crippen molar-refractivity contribution in [3.63, 3.8) is 0 Å². The van der Waals surface area contributed by atoms with Gasteiger partial charge in [0.1, 0.15) is 28.7 Å². The van der Waals surface area contributed by atoms with Crippen molar-refractivity contribution >= 4 is 27.5 Å². The second-order valence-electron chi connectivity index (χ2n) is 14.5. The molecule has 0 radical (unpaired) electrons. The third-order valence-electron chi connectivity index (χ3n) is 11.3. The first kappa shape index (κ1) is 29.1. The summed E-state index contributed by atoms with van der Waals surface area (Å²) < 4.78 is 54.4. The number of phenolic OH excluding ortho intramolecular Hbond substituents is 1. The summed E-state index contributed by atoms with van der Waals surface area (Å²) >= 11 is 0. The van der Waals surface area contributed by atoms with E-state index >= 15 is 8.78 Å². The van der Waals surface area contributed by atoms with Crippen molar-refractivity contribution in [2.24, 2.45) is 11.3 Å². The minimum absolute atomic E-state index is 0.0276. The quantitative estimate of drug-likeness (QED) is 0.236. The molecule has 3 aromatic carbocycles. The lowest BCUT2D eigenvalue weighted by atomic mass is 9.92. The molecule has 7 nitrogen and oxygen atoms in total. The molecule has 0 spiro atoms. The zero-order valence-corrected chi connectivity index (χ0v) is 26.0. The number of piperazine rings is 1. The second kappa shape index (κ2) is 10.7. The highest BCUT2D eigenvalue weighted by molar-refractivity contribution is 6.04. The Bertz CT molecular complexity index is 1980. The highest BCUT2D eigenvalue weighted by atomic mass is 19.1. The maximum absolute atomic E-state index is 16.9. The summed E-state index contributed by atoms with van der Waals surface area (Å²) in [5.41, 5.74) is -0.701. The smallest absolute Gasteiger partial charge is 0.319 e. The van der Waals surface area contributed by atoms with Gasteiger partial charge in [0, 0.05) is 66.1 Å². The summed E-state index contributed by atoms with van der Waals surface area (Å²) in [4.78, 5) is 14.1. The van der Waals surface area contributed by atoms with Gasteiger partial charge in [0.2, 0.25) is 0 Å².